The molecule has 2 aromatic heterocycles. The number of ether oxygens (including phenoxy) is 1. The molecule has 0 unspecified atom stereocenters. The summed E-state index contributed by atoms with van der Waals surface area (Å²) in [7, 11) is 3.75. The molecule has 42 heavy (non-hydrogen) atoms. The van der Waals surface area contributed by atoms with Gasteiger partial charge in [-0.05, 0) is 57.3 Å². The van der Waals surface area contributed by atoms with Gasteiger partial charge in [0.2, 0.25) is 11.9 Å². The third kappa shape index (κ3) is 5.61. The van der Waals surface area contributed by atoms with Crippen molar-refractivity contribution in [2.24, 2.45) is 0 Å². The van der Waals surface area contributed by atoms with E-state index in [4.69, 9.17) is 4.74 Å². The second kappa shape index (κ2) is 11.9. The minimum Gasteiger partial charge on any atom is -0.495 e. The average molecular weight is 571 g/mol. The number of benzene rings is 2. The van der Waals surface area contributed by atoms with E-state index in [1.165, 1.54) is 10.8 Å². The molecular formula is C30H34N8O4. The maximum absolute atomic E-state index is 13.7. The Morgan fingerprint density at radius 1 is 1.07 bits per heavy atom. The van der Waals surface area contributed by atoms with Crippen LogP contribution in [0.2, 0.25) is 0 Å². The summed E-state index contributed by atoms with van der Waals surface area (Å²) in [5.41, 5.74) is 1.65. The van der Waals surface area contributed by atoms with Crippen LogP contribution in [0.4, 0.5) is 23.0 Å². The fraction of sp³-hybridized carbons (Fsp3) is 0.300. The highest BCUT2D eigenvalue weighted by Crippen LogP contribution is 2.32. The first-order chi connectivity index (χ1) is 20.2. The molecule has 0 radical (unpaired) electrons. The number of hydrogen-bond donors (Lipinski definition) is 2. The zero-order chi connectivity index (χ0) is 30.0. The molecule has 1 aliphatic heterocycles. The quantitative estimate of drug-likeness (QED) is 0.307. The van der Waals surface area contributed by atoms with Crippen molar-refractivity contribution < 1.29 is 9.53 Å². The van der Waals surface area contributed by atoms with Gasteiger partial charge < -0.3 is 25.2 Å². The monoisotopic (exact) mass is 570 g/mol. The predicted molar refractivity (Wildman–Crippen MR) is 165 cm³/mol. The van der Waals surface area contributed by atoms with Crippen LogP contribution in [0.15, 0.2) is 70.9 Å². The highest BCUT2D eigenvalue weighted by Gasteiger charge is 2.20. The third-order valence-corrected chi connectivity index (χ3v) is 7.18. The van der Waals surface area contributed by atoms with E-state index in [1.807, 2.05) is 18.2 Å². The number of anilines is 4. The van der Waals surface area contributed by atoms with E-state index >= 15 is 0 Å². The molecule has 0 atom stereocenters. The van der Waals surface area contributed by atoms with Crippen molar-refractivity contribution in [3.05, 3.63) is 82.2 Å². The second-order valence-electron chi connectivity index (χ2n) is 10.4. The number of amides is 1. The number of methoxy groups -OCH3 is 1. The van der Waals surface area contributed by atoms with Crippen LogP contribution in [-0.4, -0.2) is 70.2 Å². The van der Waals surface area contributed by atoms with Gasteiger partial charge in [0, 0.05) is 55.9 Å². The van der Waals surface area contributed by atoms with Crippen LogP contribution < -0.4 is 31.5 Å². The van der Waals surface area contributed by atoms with Crippen molar-refractivity contribution in [3.8, 4) is 11.4 Å². The van der Waals surface area contributed by atoms with Crippen LogP contribution in [0.25, 0.3) is 16.7 Å². The number of carbonyl (C=O) groups is 1. The minimum atomic E-state index is -0.558. The lowest BCUT2D eigenvalue weighted by molar-refractivity contribution is -0.111. The van der Waals surface area contributed by atoms with Gasteiger partial charge >= 0.3 is 5.69 Å². The number of likely N-dealkylation sites (N-methyl/N-ethyl adjacent to an activating group) is 1. The molecule has 1 saturated heterocycles. The van der Waals surface area contributed by atoms with E-state index in [9.17, 15) is 14.4 Å². The molecule has 0 spiro atoms. The molecule has 3 heterocycles. The number of piperazine rings is 1. The van der Waals surface area contributed by atoms with E-state index in [0.717, 1.165) is 42.5 Å². The maximum atomic E-state index is 13.7. The number of carbonyl (C=O) groups excluding carboxylic acids is 1. The molecule has 2 N–H and O–H groups in total. The third-order valence-electron chi connectivity index (χ3n) is 7.18. The predicted octanol–water partition coefficient (Wildman–Crippen LogP) is 3.15. The van der Waals surface area contributed by atoms with Crippen LogP contribution in [0.3, 0.4) is 0 Å². The number of nitrogens with zero attached hydrogens (tertiary/aromatic N) is 6. The van der Waals surface area contributed by atoms with E-state index in [-0.39, 0.29) is 22.9 Å². The van der Waals surface area contributed by atoms with Crippen molar-refractivity contribution in [2.45, 2.75) is 19.9 Å². The van der Waals surface area contributed by atoms with Crippen LogP contribution in [0.5, 0.6) is 5.75 Å². The van der Waals surface area contributed by atoms with Gasteiger partial charge in [0.1, 0.15) is 11.1 Å². The van der Waals surface area contributed by atoms with Gasteiger partial charge in [-0.2, -0.15) is 4.98 Å². The van der Waals surface area contributed by atoms with Crippen molar-refractivity contribution in [1.29, 1.82) is 0 Å². The Morgan fingerprint density at radius 2 is 1.83 bits per heavy atom. The molecule has 1 fully saturated rings. The number of hydrogen-bond acceptors (Lipinski definition) is 9. The lowest BCUT2D eigenvalue weighted by Gasteiger charge is -2.34. The smallest absolute Gasteiger partial charge is 0.337 e. The fourth-order valence-corrected chi connectivity index (χ4v) is 4.97. The fourth-order valence-electron chi connectivity index (χ4n) is 4.97. The maximum Gasteiger partial charge on any atom is 0.337 e. The Hall–Kier alpha value is -4.97. The highest BCUT2D eigenvalue weighted by atomic mass is 16.5. The largest absolute Gasteiger partial charge is 0.495 e. The van der Waals surface area contributed by atoms with Gasteiger partial charge in [0.15, 0.2) is 5.65 Å². The van der Waals surface area contributed by atoms with Crippen LogP contribution >= 0.6 is 0 Å². The minimum absolute atomic E-state index is 0.132. The summed E-state index contributed by atoms with van der Waals surface area (Å²) in [6.45, 7) is 10.7. The summed E-state index contributed by atoms with van der Waals surface area (Å²) in [5, 5.41) is 6.06. The summed E-state index contributed by atoms with van der Waals surface area (Å²) in [5.74, 6) is 0.516. The average Bonchev–Trinajstić information content (AvgIpc) is 2.97. The molecule has 1 aliphatic rings. The summed E-state index contributed by atoms with van der Waals surface area (Å²) >= 11 is 0. The summed E-state index contributed by atoms with van der Waals surface area (Å²) in [4.78, 5) is 52.6. The topological polar surface area (TPSA) is 127 Å². The number of rotatable bonds is 8. The standard InChI is InChI=1S/C30H34N8O4/c1-6-26(39)32-20-8-7-9-22(16-20)38-27-23(28(40)37(19(2)3)30(38)41)18-31-29(34-27)33-21-10-11-24(25(17-21)42-5)36-14-12-35(4)13-15-36/h6-11,16-19H,1,12-15H2,2-5H3,(H,32,39)(H,31,33,34). The first kappa shape index (κ1) is 28.6. The van der Waals surface area contributed by atoms with E-state index in [1.54, 1.807) is 45.2 Å². The molecule has 1 amide bonds. The summed E-state index contributed by atoms with van der Waals surface area (Å²) in [6.07, 6.45) is 2.58. The van der Waals surface area contributed by atoms with Gasteiger partial charge in [-0.15, -0.1) is 0 Å². The van der Waals surface area contributed by atoms with Crippen LogP contribution in [0.1, 0.15) is 19.9 Å². The molecule has 12 heteroatoms. The van der Waals surface area contributed by atoms with Crippen molar-refractivity contribution in [1.82, 2.24) is 24.0 Å². The second-order valence-corrected chi connectivity index (χ2v) is 10.4. The molecule has 2 aromatic carbocycles. The van der Waals surface area contributed by atoms with Crippen molar-refractivity contribution in [3.63, 3.8) is 0 Å². The lowest BCUT2D eigenvalue weighted by atomic mass is 10.2. The molecule has 5 rings (SSSR count). The van der Waals surface area contributed by atoms with Crippen molar-refractivity contribution in [2.75, 3.05) is 55.9 Å². The lowest BCUT2D eigenvalue weighted by Crippen LogP contribution is -2.44. The number of nitrogens with one attached hydrogen (secondary N) is 2. The van der Waals surface area contributed by atoms with Gasteiger partial charge in [-0.3, -0.25) is 14.2 Å². The van der Waals surface area contributed by atoms with Gasteiger partial charge in [-0.25, -0.2) is 14.3 Å². The van der Waals surface area contributed by atoms with Gasteiger partial charge in [0.05, 0.1) is 18.5 Å². The summed E-state index contributed by atoms with van der Waals surface area (Å²) in [6, 6.07) is 12.1. The Kier molecular flexibility index (Phi) is 8.07. The first-order valence-electron chi connectivity index (χ1n) is 13.7. The Balaban J connectivity index is 1.58. The zero-order valence-corrected chi connectivity index (χ0v) is 24.1. The normalized spacial score (nSPS) is 13.8. The molecule has 4 aromatic rings. The van der Waals surface area contributed by atoms with Crippen molar-refractivity contribution >= 4 is 40.0 Å². The van der Waals surface area contributed by atoms with E-state index in [2.05, 4.69) is 44.0 Å². The summed E-state index contributed by atoms with van der Waals surface area (Å²) < 4.78 is 8.22. The molecule has 0 aliphatic carbocycles. The van der Waals surface area contributed by atoms with Gasteiger partial charge in [-0.1, -0.05) is 12.6 Å². The van der Waals surface area contributed by atoms with E-state index in [0.29, 0.717) is 22.8 Å². The van der Waals surface area contributed by atoms with Crippen LogP contribution in [-0.2, 0) is 4.79 Å². The van der Waals surface area contributed by atoms with Gasteiger partial charge in [0.25, 0.3) is 5.56 Å². The van der Waals surface area contributed by atoms with Crippen LogP contribution in [0, 0.1) is 0 Å². The molecule has 218 valence electrons. The molecule has 0 saturated carbocycles. The molecular weight excluding hydrogens is 536 g/mol. The molecule has 0 bridgehead atoms. The molecule has 12 nitrogen and oxygen atoms in total. The Labute approximate surface area is 242 Å². The zero-order valence-electron chi connectivity index (χ0n) is 24.1. The highest BCUT2D eigenvalue weighted by molar-refractivity contribution is 5.99. The number of aromatic nitrogens is 4. The Morgan fingerprint density at radius 3 is 2.52 bits per heavy atom. The SMILES string of the molecule is C=CC(=O)Nc1cccc(-n2c(=O)n(C(C)C)c(=O)c3cnc(Nc4ccc(N5CCN(C)CC5)c(OC)c4)nc32)c1. The number of fused-ring (bicyclic) bond motifs is 1. The van der Waals surface area contributed by atoms with E-state index < -0.39 is 17.3 Å². The Bertz CT molecular complexity index is 1770. The first-order valence-corrected chi connectivity index (χ1v) is 13.7.